The Bertz CT molecular complexity index is 891. The number of nitrogens with one attached hydrogen (secondary N) is 1. The van der Waals surface area contributed by atoms with E-state index in [0.717, 1.165) is 11.1 Å². The van der Waals surface area contributed by atoms with Gasteiger partial charge in [0, 0.05) is 17.8 Å². The Morgan fingerprint density at radius 3 is 2.58 bits per heavy atom. The number of hydrogen-bond donors (Lipinski definition) is 1. The molecule has 1 N–H and O–H groups in total. The van der Waals surface area contributed by atoms with E-state index in [0.29, 0.717) is 29.9 Å². The molecule has 1 aliphatic heterocycles. The fourth-order valence-electron chi connectivity index (χ4n) is 2.94. The molecule has 1 fully saturated rings. The van der Waals surface area contributed by atoms with Crippen molar-refractivity contribution in [3.63, 3.8) is 0 Å². The van der Waals surface area contributed by atoms with Crippen molar-refractivity contribution in [3.05, 3.63) is 59.2 Å². The average molecular weight is 344 g/mol. The summed E-state index contributed by atoms with van der Waals surface area (Å²) in [5, 5.41) is 2.85. The Hall–Kier alpha value is -2.34. The van der Waals surface area contributed by atoms with Gasteiger partial charge < -0.3 is 5.32 Å². The van der Waals surface area contributed by atoms with Crippen LogP contribution in [-0.2, 0) is 10.0 Å². The average Bonchev–Trinajstić information content (AvgIpc) is 2.86. The summed E-state index contributed by atoms with van der Waals surface area (Å²) in [7, 11) is -3.23. The van der Waals surface area contributed by atoms with Gasteiger partial charge in [0.15, 0.2) is 0 Å². The summed E-state index contributed by atoms with van der Waals surface area (Å²) in [6, 6.07) is 12.6. The van der Waals surface area contributed by atoms with Crippen LogP contribution in [0.25, 0.3) is 0 Å². The first-order valence-corrected chi connectivity index (χ1v) is 9.47. The molecule has 0 radical (unpaired) electrons. The lowest BCUT2D eigenvalue weighted by Crippen LogP contribution is -2.25. The standard InChI is InChI=1S/C18H20N2O3S/c1-13-7-8-17(14(2)11-13)18(21)19-15-5-3-6-16(12-15)20-9-4-10-24(20,22)23/h3,5-8,11-12H,4,9-10H2,1-2H3,(H,19,21). The lowest BCUT2D eigenvalue weighted by atomic mass is 10.1. The predicted molar refractivity (Wildman–Crippen MR) is 96.1 cm³/mol. The van der Waals surface area contributed by atoms with E-state index < -0.39 is 10.0 Å². The highest BCUT2D eigenvalue weighted by atomic mass is 32.2. The van der Waals surface area contributed by atoms with Crippen molar-refractivity contribution in [1.82, 2.24) is 0 Å². The number of carbonyl (C=O) groups is 1. The molecule has 2 aromatic carbocycles. The van der Waals surface area contributed by atoms with Gasteiger partial charge in [0.25, 0.3) is 5.91 Å². The summed E-state index contributed by atoms with van der Waals surface area (Å²) < 4.78 is 25.5. The molecule has 1 aliphatic rings. The lowest BCUT2D eigenvalue weighted by Gasteiger charge is -2.18. The minimum absolute atomic E-state index is 0.173. The van der Waals surface area contributed by atoms with Crippen LogP contribution in [0.4, 0.5) is 11.4 Å². The summed E-state index contributed by atoms with van der Waals surface area (Å²) in [6.45, 7) is 4.36. The SMILES string of the molecule is Cc1ccc(C(=O)Nc2cccc(N3CCCS3(=O)=O)c2)c(C)c1. The number of amides is 1. The molecular weight excluding hydrogens is 324 g/mol. The van der Waals surface area contributed by atoms with Gasteiger partial charge in [-0.25, -0.2) is 8.42 Å². The molecule has 5 nitrogen and oxygen atoms in total. The first-order chi connectivity index (χ1) is 11.4. The molecule has 1 saturated heterocycles. The fourth-order valence-corrected chi connectivity index (χ4v) is 4.49. The first kappa shape index (κ1) is 16.5. The summed E-state index contributed by atoms with van der Waals surface area (Å²) in [4.78, 5) is 12.5. The van der Waals surface area contributed by atoms with E-state index in [9.17, 15) is 13.2 Å². The van der Waals surface area contributed by atoms with E-state index in [4.69, 9.17) is 0 Å². The Morgan fingerprint density at radius 1 is 1.12 bits per heavy atom. The number of nitrogens with zero attached hydrogens (tertiary/aromatic N) is 1. The monoisotopic (exact) mass is 344 g/mol. The van der Waals surface area contributed by atoms with E-state index in [-0.39, 0.29) is 11.7 Å². The fraction of sp³-hybridized carbons (Fsp3) is 0.278. The van der Waals surface area contributed by atoms with Crippen molar-refractivity contribution in [2.45, 2.75) is 20.3 Å². The Balaban J connectivity index is 1.83. The Morgan fingerprint density at radius 2 is 1.92 bits per heavy atom. The lowest BCUT2D eigenvalue weighted by molar-refractivity contribution is 0.102. The highest BCUT2D eigenvalue weighted by molar-refractivity contribution is 7.93. The van der Waals surface area contributed by atoms with Crippen LogP contribution in [0.5, 0.6) is 0 Å². The van der Waals surface area contributed by atoms with Crippen LogP contribution in [0, 0.1) is 13.8 Å². The van der Waals surface area contributed by atoms with Crippen LogP contribution in [0.3, 0.4) is 0 Å². The second-order valence-electron chi connectivity index (χ2n) is 6.06. The van der Waals surface area contributed by atoms with Gasteiger partial charge in [-0.05, 0) is 50.1 Å². The zero-order chi connectivity index (χ0) is 17.3. The van der Waals surface area contributed by atoms with Gasteiger partial charge in [-0.15, -0.1) is 0 Å². The van der Waals surface area contributed by atoms with Gasteiger partial charge in [-0.1, -0.05) is 23.8 Å². The largest absolute Gasteiger partial charge is 0.322 e. The van der Waals surface area contributed by atoms with Crippen molar-refractivity contribution in [2.24, 2.45) is 0 Å². The van der Waals surface area contributed by atoms with Crippen LogP contribution in [0.2, 0.25) is 0 Å². The minimum atomic E-state index is -3.23. The molecule has 0 aliphatic carbocycles. The summed E-state index contributed by atoms with van der Waals surface area (Å²) in [5.74, 6) is -0.0273. The van der Waals surface area contributed by atoms with Crippen LogP contribution in [0.1, 0.15) is 27.9 Å². The van der Waals surface area contributed by atoms with Crippen molar-refractivity contribution >= 4 is 27.3 Å². The number of anilines is 2. The molecule has 0 atom stereocenters. The highest BCUT2D eigenvalue weighted by Crippen LogP contribution is 2.26. The van der Waals surface area contributed by atoms with Crippen LogP contribution >= 0.6 is 0 Å². The van der Waals surface area contributed by atoms with Gasteiger partial charge in [-0.3, -0.25) is 9.10 Å². The van der Waals surface area contributed by atoms with E-state index in [1.54, 1.807) is 30.3 Å². The van der Waals surface area contributed by atoms with Gasteiger partial charge in [-0.2, -0.15) is 0 Å². The molecule has 126 valence electrons. The van der Waals surface area contributed by atoms with Gasteiger partial charge in [0.2, 0.25) is 10.0 Å². The maximum Gasteiger partial charge on any atom is 0.255 e. The van der Waals surface area contributed by atoms with Crippen molar-refractivity contribution in [1.29, 1.82) is 0 Å². The molecule has 0 bridgehead atoms. The Labute approximate surface area is 142 Å². The van der Waals surface area contributed by atoms with Crippen molar-refractivity contribution < 1.29 is 13.2 Å². The third-order valence-corrected chi connectivity index (χ3v) is 5.99. The minimum Gasteiger partial charge on any atom is -0.322 e. The number of sulfonamides is 1. The highest BCUT2D eigenvalue weighted by Gasteiger charge is 2.28. The third kappa shape index (κ3) is 3.28. The van der Waals surface area contributed by atoms with Crippen LogP contribution in [-0.4, -0.2) is 26.6 Å². The van der Waals surface area contributed by atoms with Crippen LogP contribution in [0.15, 0.2) is 42.5 Å². The van der Waals surface area contributed by atoms with E-state index in [2.05, 4.69) is 5.32 Å². The number of aryl methyl sites for hydroxylation is 2. The quantitative estimate of drug-likeness (QED) is 0.930. The molecule has 0 unspecified atom stereocenters. The molecule has 0 aromatic heterocycles. The van der Waals surface area contributed by atoms with E-state index in [1.165, 1.54) is 4.31 Å². The van der Waals surface area contributed by atoms with Crippen molar-refractivity contribution in [2.75, 3.05) is 21.9 Å². The van der Waals surface area contributed by atoms with Gasteiger partial charge >= 0.3 is 0 Å². The van der Waals surface area contributed by atoms with E-state index >= 15 is 0 Å². The van der Waals surface area contributed by atoms with Gasteiger partial charge in [0.05, 0.1) is 11.4 Å². The van der Waals surface area contributed by atoms with Gasteiger partial charge in [0.1, 0.15) is 0 Å². The normalized spacial score (nSPS) is 16.2. The second kappa shape index (κ2) is 6.28. The summed E-state index contributed by atoms with van der Waals surface area (Å²) >= 11 is 0. The molecule has 1 amide bonds. The number of benzene rings is 2. The summed E-state index contributed by atoms with van der Waals surface area (Å²) in [6.07, 6.45) is 0.626. The number of hydrogen-bond acceptors (Lipinski definition) is 3. The maximum atomic E-state index is 12.5. The topological polar surface area (TPSA) is 66.5 Å². The molecule has 6 heteroatoms. The zero-order valence-electron chi connectivity index (χ0n) is 13.7. The molecule has 1 heterocycles. The van der Waals surface area contributed by atoms with Crippen LogP contribution < -0.4 is 9.62 Å². The maximum absolute atomic E-state index is 12.5. The number of carbonyl (C=O) groups excluding carboxylic acids is 1. The van der Waals surface area contributed by atoms with Crippen molar-refractivity contribution in [3.8, 4) is 0 Å². The predicted octanol–water partition coefficient (Wildman–Crippen LogP) is 3.10. The smallest absolute Gasteiger partial charge is 0.255 e. The second-order valence-corrected chi connectivity index (χ2v) is 8.08. The number of rotatable bonds is 3. The third-order valence-electron chi connectivity index (χ3n) is 4.12. The molecule has 2 aromatic rings. The molecule has 24 heavy (non-hydrogen) atoms. The molecule has 3 rings (SSSR count). The Kier molecular flexibility index (Phi) is 4.32. The zero-order valence-corrected chi connectivity index (χ0v) is 14.6. The molecule has 0 spiro atoms. The molecular formula is C18H20N2O3S. The molecule has 0 saturated carbocycles. The first-order valence-electron chi connectivity index (χ1n) is 7.86. The summed E-state index contributed by atoms with van der Waals surface area (Å²) in [5.41, 5.74) is 3.79. The van der Waals surface area contributed by atoms with E-state index in [1.807, 2.05) is 26.0 Å².